The van der Waals surface area contributed by atoms with Crippen LogP contribution in [-0.2, 0) is 16.1 Å². The minimum atomic E-state index is -0.0814. The summed E-state index contributed by atoms with van der Waals surface area (Å²) >= 11 is 3.48. The topological polar surface area (TPSA) is 56.1 Å². The lowest BCUT2D eigenvalue weighted by atomic mass is 10.4. The van der Waals surface area contributed by atoms with Gasteiger partial charge in [-0.1, -0.05) is 0 Å². The molecule has 0 aliphatic heterocycles. The standard InChI is InChI=1S/C11H18BrN3O2/c1-8-11(12)9(2)15(14-8)6-4-5-13-10(16)7-17-3/h4-7H2,1-3H3,(H,13,16). The summed E-state index contributed by atoms with van der Waals surface area (Å²) in [5.41, 5.74) is 2.11. The lowest BCUT2D eigenvalue weighted by Gasteiger charge is -2.06. The Hall–Kier alpha value is -0.880. The molecular formula is C11H18BrN3O2. The molecule has 5 nitrogen and oxygen atoms in total. The van der Waals surface area contributed by atoms with Gasteiger partial charge in [-0.05, 0) is 36.2 Å². The number of nitrogens with one attached hydrogen (secondary N) is 1. The Balaban J connectivity index is 2.31. The largest absolute Gasteiger partial charge is 0.375 e. The van der Waals surface area contributed by atoms with Crippen molar-refractivity contribution >= 4 is 21.8 Å². The number of hydrogen-bond donors (Lipinski definition) is 1. The van der Waals surface area contributed by atoms with Crippen molar-refractivity contribution < 1.29 is 9.53 Å². The number of aryl methyl sites for hydroxylation is 2. The summed E-state index contributed by atoms with van der Waals surface area (Å²) in [7, 11) is 1.51. The second-order valence-electron chi connectivity index (χ2n) is 3.84. The Morgan fingerprint density at radius 2 is 2.24 bits per heavy atom. The van der Waals surface area contributed by atoms with E-state index in [1.807, 2.05) is 18.5 Å². The van der Waals surface area contributed by atoms with E-state index in [2.05, 4.69) is 26.3 Å². The molecule has 0 radical (unpaired) electrons. The molecule has 0 saturated heterocycles. The summed E-state index contributed by atoms with van der Waals surface area (Å²) in [5, 5.41) is 7.17. The first-order chi connectivity index (χ1) is 8.06. The van der Waals surface area contributed by atoms with E-state index in [-0.39, 0.29) is 12.5 Å². The van der Waals surface area contributed by atoms with Crippen molar-refractivity contribution in [3.05, 3.63) is 15.9 Å². The molecule has 0 bridgehead atoms. The van der Waals surface area contributed by atoms with Crippen LogP contribution in [0.4, 0.5) is 0 Å². The van der Waals surface area contributed by atoms with E-state index in [1.54, 1.807) is 0 Å². The van der Waals surface area contributed by atoms with Crippen LogP contribution >= 0.6 is 15.9 Å². The molecular weight excluding hydrogens is 286 g/mol. The minimum Gasteiger partial charge on any atom is -0.375 e. The van der Waals surface area contributed by atoms with Crippen LogP contribution in [-0.4, -0.2) is 35.9 Å². The zero-order chi connectivity index (χ0) is 12.8. The third-order valence-electron chi connectivity index (χ3n) is 2.44. The number of ether oxygens (including phenoxy) is 1. The Morgan fingerprint density at radius 1 is 1.53 bits per heavy atom. The number of methoxy groups -OCH3 is 1. The van der Waals surface area contributed by atoms with Gasteiger partial charge in [-0.25, -0.2) is 0 Å². The first kappa shape index (κ1) is 14.2. The van der Waals surface area contributed by atoms with Crippen molar-refractivity contribution in [2.75, 3.05) is 20.3 Å². The number of aromatic nitrogens is 2. The van der Waals surface area contributed by atoms with Crippen LogP contribution in [0, 0.1) is 13.8 Å². The van der Waals surface area contributed by atoms with Crippen molar-refractivity contribution in [3.8, 4) is 0 Å². The van der Waals surface area contributed by atoms with Crippen molar-refractivity contribution in [1.29, 1.82) is 0 Å². The molecule has 0 spiro atoms. The summed E-state index contributed by atoms with van der Waals surface area (Å²) in [4.78, 5) is 11.1. The summed E-state index contributed by atoms with van der Waals surface area (Å²) in [6.07, 6.45) is 0.851. The van der Waals surface area contributed by atoms with E-state index < -0.39 is 0 Å². The summed E-state index contributed by atoms with van der Waals surface area (Å²) < 4.78 is 7.72. The van der Waals surface area contributed by atoms with Gasteiger partial charge in [-0.3, -0.25) is 9.48 Å². The van der Waals surface area contributed by atoms with Crippen molar-refractivity contribution in [2.45, 2.75) is 26.8 Å². The Bertz CT molecular complexity index is 390. The van der Waals surface area contributed by atoms with Gasteiger partial charge in [0.1, 0.15) is 6.61 Å². The SMILES string of the molecule is COCC(=O)NCCCn1nc(C)c(Br)c1C. The van der Waals surface area contributed by atoms with Gasteiger partial charge < -0.3 is 10.1 Å². The molecule has 6 heteroatoms. The first-order valence-electron chi connectivity index (χ1n) is 5.51. The number of nitrogens with zero attached hydrogens (tertiary/aromatic N) is 2. The second-order valence-corrected chi connectivity index (χ2v) is 4.64. The van der Waals surface area contributed by atoms with Crippen molar-refractivity contribution in [3.63, 3.8) is 0 Å². The third-order valence-corrected chi connectivity index (χ3v) is 3.59. The molecule has 17 heavy (non-hydrogen) atoms. The number of carbonyl (C=O) groups is 1. The van der Waals surface area contributed by atoms with Crippen LogP contribution in [0.2, 0.25) is 0 Å². The lowest BCUT2D eigenvalue weighted by Crippen LogP contribution is -2.28. The predicted molar refractivity (Wildman–Crippen MR) is 68.9 cm³/mol. The summed E-state index contributed by atoms with van der Waals surface area (Å²) in [6.45, 7) is 5.54. The molecule has 1 heterocycles. The maximum absolute atomic E-state index is 11.1. The molecule has 0 saturated carbocycles. The fourth-order valence-corrected chi connectivity index (χ4v) is 1.82. The normalized spacial score (nSPS) is 10.6. The Labute approximate surface area is 110 Å². The molecule has 1 aromatic rings. The zero-order valence-electron chi connectivity index (χ0n) is 10.4. The fraction of sp³-hybridized carbons (Fsp3) is 0.636. The van der Waals surface area contributed by atoms with E-state index in [0.29, 0.717) is 6.54 Å². The van der Waals surface area contributed by atoms with Crippen LogP contribution in [0.3, 0.4) is 0 Å². The zero-order valence-corrected chi connectivity index (χ0v) is 12.0. The molecule has 0 aliphatic rings. The van der Waals surface area contributed by atoms with Crippen LogP contribution in [0.25, 0.3) is 0 Å². The Kier molecular flexibility index (Phi) is 5.64. The Morgan fingerprint density at radius 3 is 2.76 bits per heavy atom. The first-order valence-corrected chi connectivity index (χ1v) is 6.30. The van der Waals surface area contributed by atoms with Crippen molar-refractivity contribution in [1.82, 2.24) is 15.1 Å². The van der Waals surface area contributed by atoms with Crippen LogP contribution in [0.5, 0.6) is 0 Å². The molecule has 0 aliphatic carbocycles. The van der Waals surface area contributed by atoms with Crippen LogP contribution < -0.4 is 5.32 Å². The highest BCUT2D eigenvalue weighted by Gasteiger charge is 2.08. The van der Waals surface area contributed by atoms with Gasteiger partial charge in [-0.15, -0.1) is 0 Å². The van der Waals surface area contributed by atoms with E-state index >= 15 is 0 Å². The average molecular weight is 304 g/mol. The number of halogens is 1. The quantitative estimate of drug-likeness (QED) is 0.809. The molecule has 1 N–H and O–H groups in total. The fourth-order valence-electron chi connectivity index (χ4n) is 1.53. The molecule has 0 unspecified atom stereocenters. The van der Waals surface area contributed by atoms with Gasteiger partial charge in [0.15, 0.2) is 0 Å². The highest BCUT2D eigenvalue weighted by Crippen LogP contribution is 2.19. The van der Waals surface area contributed by atoms with Gasteiger partial charge in [0.2, 0.25) is 5.91 Å². The number of rotatable bonds is 6. The average Bonchev–Trinajstić information content (AvgIpc) is 2.53. The monoisotopic (exact) mass is 303 g/mol. The molecule has 0 aromatic carbocycles. The van der Waals surface area contributed by atoms with Gasteiger partial charge in [-0.2, -0.15) is 5.10 Å². The molecule has 1 rings (SSSR count). The van der Waals surface area contributed by atoms with Gasteiger partial charge in [0, 0.05) is 25.9 Å². The molecule has 0 atom stereocenters. The highest BCUT2D eigenvalue weighted by molar-refractivity contribution is 9.10. The lowest BCUT2D eigenvalue weighted by molar-refractivity contribution is -0.124. The smallest absolute Gasteiger partial charge is 0.245 e. The van der Waals surface area contributed by atoms with Gasteiger partial charge in [0.05, 0.1) is 10.2 Å². The highest BCUT2D eigenvalue weighted by atomic mass is 79.9. The molecule has 1 amide bonds. The summed E-state index contributed by atoms with van der Waals surface area (Å²) in [6, 6.07) is 0. The van der Waals surface area contributed by atoms with Crippen molar-refractivity contribution in [2.24, 2.45) is 0 Å². The number of hydrogen-bond acceptors (Lipinski definition) is 3. The maximum Gasteiger partial charge on any atom is 0.245 e. The van der Waals surface area contributed by atoms with E-state index in [0.717, 1.165) is 28.8 Å². The molecule has 96 valence electrons. The molecule has 0 fully saturated rings. The van der Waals surface area contributed by atoms with E-state index in [9.17, 15) is 4.79 Å². The van der Waals surface area contributed by atoms with Crippen LogP contribution in [0.1, 0.15) is 17.8 Å². The second kappa shape index (κ2) is 6.76. The number of carbonyl (C=O) groups excluding carboxylic acids is 1. The molecule has 1 aromatic heterocycles. The van der Waals surface area contributed by atoms with Gasteiger partial charge in [0.25, 0.3) is 0 Å². The van der Waals surface area contributed by atoms with E-state index in [4.69, 9.17) is 4.74 Å². The summed E-state index contributed by atoms with van der Waals surface area (Å²) in [5.74, 6) is -0.0814. The third kappa shape index (κ3) is 4.12. The maximum atomic E-state index is 11.1. The van der Waals surface area contributed by atoms with E-state index in [1.165, 1.54) is 7.11 Å². The predicted octanol–water partition coefficient (Wildman–Crippen LogP) is 1.42. The van der Waals surface area contributed by atoms with Crippen LogP contribution in [0.15, 0.2) is 4.47 Å². The minimum absolute atomic E-state index is 0.0814. The van der Waals surface area contributed by atoms with Gasteiger partial charge >= 0.3 is 0 Å². The number of amides is 1.